The summed E-state index contributed by atoms with van der Waals surface area (Å²) in [7, 11) is 0. The van der Waals surface area contributed by atoms with Gasteiger partial charge in [0.05, 0.1) is 23.5 Å². The van der Waals surface area contributed by atoms with Crippen LogP contribution in [0.4, 0.5) is 5.69 Å². The minimum atomic E-state index is 0.679. The van der Waals surface area contributed by atoms with Gasteiger partial charge in [-0.3, -0.25) is 4.98 Å². The van der Waals surface area contributed by atoms with Gasteiger partial charge < -0.3 is 5.32 Å². The Morgan fingerprint density at radius 3 is 3.07 bits per heavy atom. The lowest BCUT2D eigenvalue weighted by Gasteiger charge is -2.04. The third-order valence-corrected chi connectivity index (χ3v) is 3.16. The quantitative estimate of drug-likeness (QED) is 0.895. The Morgan fingerprint density at radius 2 is 2.40 bits per heavy atom. The fraction of sp³-hybridized carbons (Fsp3) is 0.200. The average molecular weight is 240 g/mol. The minimum Gasteiger partial charge on any atom is -0.376 e. The van der Waals surface area contributed by atoms with Crippen LogP contribution in [0.1, 0.15) is 10.7 Å². The Bertz CT molecular complexity index is 455. The lowest BCUT2D eigenvalue weighted by molar-refractivity contribution is 1.07. The molecule has 2 aromatic heterocycles. The first kappa shape index (κ1) is 10.4. The van der Waals surface area contributed by atoms with Crippen molar-refractivity contribution in [3.8, 4) is 0 Å². The molecule has 0 saturated carbocycles. The zero-order valence-corrected chi connectivity index (χ0v) is 9.77. The third kappa shape index (κ3) is 2.67. The molecule has 0 aliphatic heterocycles. The van der Waals surface area contributed by atoms with Crippen molar-refractivity contribution in [1.29, 1.82) is 0 Å². The van der Waals surface area contributed by atoms with E-state index in [0.717, 1.165) is 16.4 Å². The van der Waals surface area contributed by atoms with Gasteiger partial charge in [0.2, 0.25) is 0 Å². The average Bonchev–Trinajstić information content (AvgIpc) is 2.63. The SMILES string of the molecule is Cc1csc(CNc2cnccc2Cl)n1. The van der Waals surface area contributed by atoms with E-state index < -0.39 is 0 Å². The highest BCUT2D eigenvalue weighted by Crippen LogP contribution is 2.20. The predicted molar refractivity (Wildman–Crippen MR) is 63.4 cm³/mol. The Balaban J connectivity index is 2.02. The molecule has 2 heterocycles. The molecule has 0 unspecified atom stereocenters. The first-order valence-corrected chi connectivity index (χ1v) is 5.76. The summed E-state index contributed by atoms with van der Waals surface area (Å²) < 4.78 is 0. The summed E-state index contributed by atoms with van der Waals surface area (Å²) in [5.74, 6) is 0. The molecule has 0 saturated heterocycles. The Labute approximate surface area is 97.2 Å². The number of nitrogens with zero attached hydrogens (tertiary/aromatic N) is 2. The fourth-order valence-corrected chi connectivity index (χ4v) is 2.05. The topological polar surface area (TPSA) is 37.8 Å². The first-order valence-electron chi connectivity index (χ1n) is 4.50. The van der Waals surface area contributed by atoms with Crippen LogP contribution in [0, 0.1) is 6.92 Å². The number of aromatic nitrogens is 2. The lowest BCUT2D eigenvalue weighted by atomic mass is 10.4. The molecule has 3 nitrogen and oxygen atoms in total. The van der Waals surface area contributed by atoms with E-state index in [1.165, 1.54) is 0 Å². The molecule has 15 heavy (non-hydrogen) atoms. The molecule has 0 radical (unpaired) electrons. The number of rotatable bonds is 3. The predicted octanol–water partition coefficient (Wildman–Crippen LogP) is 3.11. The number of hydrogen-bond donors (Lipinski definition) is 1. The van der Waals surface area contributed by atoms with Crippen LogP contribution in [-0.2, 0) is 6.54 Å². The lowest BCUT2D eigenvalue weighted by Crippen LogP contribution is -1.99. The molecular weight excluding hydrogens is 230 g/mol. The number of halogens is 1. The van der Waals surface area contributed by atoms with E-state index in [0.29, 0.717) is 11.6 Å². The molecule has 0 aromatic carbocycles. The number of hydrogen-bond acceptors (Lipinski definition) is 4. The molecule has 2 aromatic rings. The molecule has 78 valence electrons. The zero-order valence-electron chi connectivity index (χ0n) is 8.20. The number of pyridine rings is 1. The van der Waals surface area contributed by atoms with Gasteiger partial charge in [0.1, 0.15) is 5.01 Å². The van der Waals surface area contributed by atoms with E-state index in [2.05, 4.69) is 15.3 Å². The third-order valence-electron chi connectivity index (χ3n) is 1.86. The smallest absolute Gasteiger partial charge is 0.112 e. The summed E-state index contributed by atoms with van der Waals surface area (Å²) in [6.07, 6.45) is 3.38. The van der Waals surface area contributed by atoms with E-state index in [-0.39, 0.29) is 0 Å². The summed E-state index contributed by atoms with van der Waals surface area (Å²) in [5, 5.41) is 6.95. The fourth-order valence-electron chi connectivity index (χ4n) is 1.16. The van der Waals surface area contributed by atoms with Crippen molar-refractivity contribution in [3.63, 3.8) is 0 Å². The molecule has 0 bridgehead atoms. The van der Waals surface area contributed by atoms with Crippen molar-refractivity contribution in [2.45, 2.75) is 13.5 Å². The second-order valence-electron chi connectivity index (χ2n) is 3.09. The summed E-state index contributed by atoms with van der Waals surface area (Å²) in [5.41, 5.74) is 1.89. The van der Waals surface area contributed by atoms with Crippen LogP contribution in [0.25, 0.3) is 0 Å². The summed E-state index contributed by atoms with van der Waals surface area (Å²) in [6, 6.07) is 1.76. The van der Waals surface area contributed by atoms with Crippen LogP contribution in [-0.4, -0.2) is 9.97 Å². The van der Waals surface area contributed by atoms with Crippen LogP contribution in [0.3, 0.4) is 0 Å². The van der Waals surface area contributed by atoms with E-state index in [1.54, 1.807) is 29.8 Å². The molecule has 0 spiro atoms. The Hall–Kier alpha value is -1.13. The highest BCUT2D eigenvalue weighted by Gasteiger charge is 2.01. The van der Waals surface area contributed by atoms with Gasteiger partial charge in [-0.05, 0) is 13.0 Å². The standard InChI is InChI=1S/C10H10ClN3S/c1-7-6-15-10(14-7)5-13-9-4-12-3-2-8(9)11/h2-4,6,13H,5H2,1H3. The summed E-state index contributed by atoms with van der Waals surface area (Å²) in [6.45, 7) is 2.67. The van der Waals surface area contributed by atoms with Crippen molar-refractivity contribution in [2.75, 3.05) is 5.32 Å². The molecule has 0 aliphatic carbocycles. The highest BCUT2D eigenvalue weighted by molar-refractivity contribution is 7.09. The van der Waals surface area contributed by atoms with Gasteiger partial charge in [-0.15, -0.1) is 11.3 Å². The van der Waals surface area contributed by atoms with Crippen molar-refractivity contribution >= 4 is 28.6 Å². The van der Waals surface area contributed by atoms with Crippen molar-refractivity contribution in [2.24, 2.45) is 0 Å². The van der Waals surface area contributed by atoms with Gasteiger partial charge in [0.15, 0.2) is 0 Å². The maximum Gasteiger partial charge on any atom is 0.112 e. The number of anilines is 1. The van der Waals surface area contributed by atoms with Crippen LogP contribution >= 0.6 is 22.9 Å². The van der Waals surface area contributed by atoms with Crippen LogP contribution in [0.2, 0.25) is 5.02 Å². The maximum atomic E-state index is 5.98. The maximum absolute atomic E-state index is 5.98. The van der Waals surface area contributed by atoms with E-state index in [9.17, 15) is 0 Å². The summed E-state index contributed by atoms with van der Waals surface area (Å²) >= 11 is 7.61. The Morgan fingerprint density at radius 1 is 1.53 bits per heavy atom. The summed E-state index contributed by atoms with van der Waals surface area (Å²) in [4.78, 5) is 8.35. The zero-order chi connectivity index (χ0) is 10.7. The van der Waals surface area contributed by atoms with Gasteiger partial charge >= 0.3 is 0 Å². The molecule has 5 heteroatoms. The first-order chi connectivity index (χ1) is 7.25. The van der Waals surface area contributed by atoms with E-state index >= 15 is 0 Å². The minimum absolute atomic E-state index is 0.679. The molecule has 0 atom stereocenters. The van der Waals surface area contributed by atoms with Gasteiger partial charge in [0.25, 0.3) is 0 Å². The monoisotopic (exact) mass is 239 g/mol. The largest absolute Gasteiger partial charge is 0.376 e. The molecule has 2 rings (SSSR count). The van der Waals surface area contributed by atoms with E-state index in [4.69, 9.17) is 11.6 Å². The van der Waals surface area contributed by atoms with Gasteiger partial charge in [-0.25, -0.2) is 4.98 Å². The second-order valence-corrected chi connectivity index (χ2v) is 4.44. The van der Waals surface area contributed by atoms with Gasteiger partial charge in [-0.1, -0.05) is 11.6 Å². The van der Waals surface area contributed by atoms with Crippen LogP contribution in [0.5, 0.6) is 0 Å². The molecule has 0 aliphatic rings. The number of aryl methyl sites for hydroxylation is 1. The van der Waals surface area contributed by atoms with Crippen LogP contribution < -0.4 is 5.32 Å². The van der Waals surface area contributed by atoms with Crippen molar-refractivity contribution < 1.29 is 0 Å². The Kier molecular flexibility index (Phi) is 3.18. The molecule has 1 N–H and O–H groups in total. The van der Waals surface area contributed by atoms with Gasteiger partial charge in [-0.2, -0.15) is 0 Å². The van der Waals surface area contributed by atoms with E-state index in [1.807, 2.05) is 12.3 Å². The normalized spacial score (nSPS) is 10.3. The highest BCUT2D eigenvalue weighted by atomic mass is 35.5. The number of thiazole rings is 1. The molecular formula is C10H10ClN3S. The van der Waals surface area contributed by atoms with Crippen molar-refractivity contribution in [1.82, 2.24) is 9.97 Å². The number of nitrogens with one attached hydrogen (secondary N) is 1. The van der Waals surface area contributed by atoms with Crippen molar-refractivity contribution in [3.05, 3.63) is 39.6 Å². The molecule has 0 fully saturated rings. The van der Waals surface area contributed by atoms with Gasteiger partial charge in [0, 0.05) is 17.3 Å². The second kappa shape index (κ2) is 4.59. The molecule has 0 amide bonds. The van der Waals surface area contributed by atoms with Crippen LogP contribution in [0.15, 0.2) is 23.8 Å².